The van der Waals surface area contributed by atoms with E-state index in [9.17, 15) is 0 Å². The Morgan fingerprint density at radius 2 is 2.00 bits per heavy atom. The van der Waals surface area contributed by atoms with Crippen molar-refractivity contribution in [2.45, 2.75) is 38.3 Å². The molecule has 2 N–H and O–H groups in total. The lowest BCUT2D eigenvalue weighted by Crippen LogP contribution is -2.61. The summed E-state index contributed by atoms with van der Waals surface area (Å²) < 4.78 is 6.93. The molecule has 1 aliphatic rings. The molecule has 1 aliphatic heterocycles. The Kier molecular flexibility index (Phi) is 4.90. The van der Waals surface area contributed by atoms with Gasteiger partial charge in [-0.25, -0.2) is 0 Å². The third-order valence-corrected chi connectivity index (χ3v) is 4.66. The maximum Gasteiger partial charge on any atom is 0.0753 e. The Hall–Kier alpha value is -0.420. The quantitative estimate of drug-likeness (QED) is 0.915. The number of nitrogens with two attached hydrogens (primary N) is 1. The fourth-order valence-corrected chi connectivity index (χ4v) is 3.10. The van der Waals surface area contributed by atoms with Crippen LogP contribution in [0.2, 0.25) is 0 Å². The molecule has 0 radical (unpaired) electrons. The van der Waals surface area contributed by atoms with Crippen LogP contribution in [0.1, 0.15) is 26.3 Å². The maximum absolute atomic E-state index is 6.11. The van der Waals surface area contributed by atoms with Crippen molar-refractivity contribution >= 4 is 15.9 Å². The fraction of sp³-hybridized carbons (Fsp3) is 0.625. The smallest absolute Gasteiger partial charge is 0.0753 e. The zero-order chi connectivity index (χ0) is 14.8. The standard InChI is InChI=1S/C16H25BrN2O/c1-15(2)12-19(8-9-20-15)16(3,11-18)10-13-4-6-14(17)7-5-13/h4-7H,8-12,18H2,1-3H3. The molecule has 1 saturated heterocycles. The van der Waals surface area contributed by atoms with Crippen LogP contribution in [-0.4, -0.2) is 42.3 Å². The molecule has 1 unspecified atom stereocenters. The first-order valence-electron chi connectivity index (χ1n) is 7.18. The molecule has 3 nitrogen and oxygen atoms in total. The van der Waals surface area contributed by atoms with Crippen molar-refractivity contribution in [3.63, 3.8) is 0 Å². The van der Waals surface area contributed by atoms with E-state index >= 15 is 0 Å². The topological polar surface area (TPSA) is 38.5 Å². The highest BCUT2D eigenvalue weighted by Gasteiger charge is 2.37. The number of ether oxygens (including phenoxy) is 1. The van der Waals surface area contributed by atoms with Gasteiger partial charge in [-0.2, -0.15) is 0 Å². The van der Waals surface area contributed by atoms with E-state index in [4.69, 9.17) is 10.5 Å². The zero-order valence-electron chi connectivity index (χ0n) is 12.7. The molecule has 0 aliphatic carbocycles. The summed E-state index contributed by atoms with van der Waals surface area (Å²) in [5.74, 6) is 0. The highest BCUT2D eigenvalue weighted by molar-refractivity contribution is 9.10. The molecule has 1 atom stereocenters. The van der Waals surface area contributed by atoms with Crippen LogP contribution in [0.5, 0.6) is 0 Å². The van der Waals surface area contributed by atoms with E-state index in [0.717, 1.165) is 30.6 Å². The number of benzene rings is 1. The minimum absolute atomic E-state index is 0.0190. The fourth-order valence-electron chi connectivity index (χ4n) is 2.83. The molecule has 1 heterocycles. The molecule has 112 valence electrons. The van der Waals surface area contributed by atoms with Gasteiger partial charge in [0.2, 0.25) is 0 Å². The van der Waals surface area contributed by atoms with Gasteiger partial charge in [0.05, 0.1) is 12.2 Å². The van der Waals surface area contributed by atoms with Crippen LogP contribution < -0.4 is 5.73 Å². The van der Waals surface area contributed by atoms with Crippen molar-refractivity contribution in [1.82, 2.24) is 4.90 Å². The van der Waals surface area contributed by atoms with Crippen molar-refractivity contribution < 1.29 is 4.74 Å². The summed E-state index contributed by atoms with van der Waals surface area (Å²) >= 11 is 3.48. The number of halogens is 1. The van der Waals surface area contributed by atoms with Crippen molar-refractivity contribution in [2.24, 2.45) is 5.73 Å². The van der Waals surface area contributed by atoms with E-state index in [1.165, 1.54) is 5.56 Å². The summed E-state index contributed by atoms with van der Waals surface area (Å²) in [7, 11) is 0. The molecule has 2 rings (SSSR count). The molecule has 1 fully saturated rings. The van der Waals surface area contributed by atoms with E-state index in [1.807, 2.05) is 0 Å². The lowest BCUT2D eigenvalue weighted by atomic mass is 9.89. The monoisotopic (exact) mass is 340 g/mol. The largest absolute Gasteiger partial charge is 0.373 e. The Morgan fingerprint density at radius 3 is 2.55 bits per heavy atom. The normalized spacial score (nSPS) is 22.4. The lowest BCUT2D eigenvalue weighted by molar-refractivity contribution is -0.112. The second-order valence-electron chi connectivity index (χ2n) is 6.53. The Labute approximate surface area is 130 Å². The Morgan fingerprint density at radius 1 is 1.35 bits per heavy atom. The van der Waals surface area contributed by atoms with Crippen LogP contribution in [0, 0.1) is 0 Å². The van der Waals surface area contributed by atoms with Crippen LogP contribution in [0.4, 0.5) is 0 Å². The van der Waals surface area contributed by atoms with Crippen molar-refractivity contribution in [1.29, 1.82) is 0 Å². The Balaban J connectivity index is 2.13. The van der Waals surface area contributed by atoms with Crippen molar-refractivity contribution in [3.8, 4) is 0 Å². The molecular formula is C16H25BrN2O. The Bertz CT molecular complexity index is 446. The first kappa shape index (κ1) is 16.0. The summed E-state index contributed by atoms with van der Waals surface area (Å²) in [6.45, 7) is 9.87. The van der Waals surface area contributed by atoms with Crippen LogP contribution in [-0.2, 0) is 11.2 Å². The van der Waals surface area contributed by atoms with Gasteiger partial charge in [-0.15, -0.1) is 0 Å². The van der Waals surface area contributed by atoms with Gasteiger partial charge in [-0.05, 0) is 44.9 Å². The van der Waals surface area contributed by atoms with E-state index in [-0.39, 0.29) is 11.1 Å². The highest BCUT2D eigenvalue weighted by Crippen LogP contribution is 2.27. The summed E-state index contributed by atoms with van der Waals surface area (Å²) in [5, 5.41) is 0. The molecule has 0 aromatic heterocycles. The predicted molar refractivity (Wildman–Crippen MR) is 86.9 cm³/mol. The number of rotatable bonds is 4. The molecule has 4 heteroatoms. The average molecular weight is 341 g/mol. The predicted octanol–water partition coefficient (Wildman–Crippen LogP) is 2.82. The van der Waals surface area contributed by atoms with Crippen LogP contribution in [0.3, 0.4) is 0 Å². The van der Waals surface area contributed by atoms with Gasteiger partial charge in [0.15, 0.2) is 0 Å². The summed E-state index contributed by atoms with van der Waals surface area (Å²) in [6, 6.07) is 8.53. The highest BCUT2D eigenvalue weighted by atomic mass is 79.9. The third-order valence-electron chi connectivity index (χ3n) is 4.13. The van der Waals surface area contributed by atoms with Gasteiger partial charge in [0.25, 0.3) is 0 Å². The van der Waals surface area contributed by atoms with Gasteiger partial charge in [-0.1, -0.05) is 28.1 Å². The molecule has 0 saturated carbocycles. The summed E-state index contributed by atoms with van der Waals surface area (Å²) in [5.41, 5.74) is 7.33. The van der Waals surface area contributed by atoms with Crippen molar-refractivity contribution in [3.05, 3.63) is 34.3 Å². The third kappa shape index (κ3) is 3.82. The zero-order valence-corrected chi connectivity index (χ0v) is 14.2. The molecule has 20 heavy (non-hydrogen) atoms. The minimum Gasteiger partial charge on any atom is -0.373 e. The summed E-state index contributed by atoms with van der Waals surface area (Å²) in [4.78, 5) is 2.48. The van der Waals surface area contributed by atoms with Gasteiger partial charge < -0.3 is 10.5 Å². The molecule has 1 aromatic rings. The lowest BCUT2D eigenvalue weighted by Gasteiger charge is -2.48. The first-order chi connectivity index (χ1) is 9.35. The number of morpholine rings is 1. The van der Waals surface area contributed by atoms with Gasteiger partial charge in [-0.3, -0.25) is 4.90 Å². The van der Waals surface area contributed by atoms with Gasteiger partial charge in [0.1, 0.15) is 0 Å². The SMILES string of the molecule is CC1(C)CN(C(C)(CN)Cc2ccc(Br)cc2)CCO1. The minimum atomic E-state index is -0.0889. The van der Waals surface area contributed by atoms with Crippen LogP contribution >= 0.6 is 15.9 Å². The van der Waals surface area contributed by atoms with E-state index in [1.54, 1.807) is 0 Å². The number of nitrogens with zero attached hydrogens (tertiary/aromatic N) is 1. The molecule has 0 amide bonds. The van der Waals surface area contributed by atoms with Crippen LogP contribution in [0.25, 0.3) is 0 Å². The molecule has 0 spiro atoms. The number of hydrogen-bond acceptors (Lipinski definition) is 3. The van der Waals surface area contributed by atoms with Crippen LogP contribution in [0.15, 0.2) is 28.7 Å². The summed E-state index contributed by atoms with van der Waals surface area (Å²) in [6.07, 6.45) is 0.965. The number of hydrogen-bond donors (Lipinski definition) is 1. The van der Waals surface area contributed by atoms with Gasteiger partial charge >= 0.3 is 0 Å². The molecule has 0 bridgehead atoms. The second-order valence-corrected chi connectivity index (χ2v) is 7.45. The molecule has 1 aromatic carbocycles. The van der Waals surface area contributed by atoms with E-state index in [2.05, 4.69) is 65.9 Å². The molecular weight excluding hydrogens is 316 g/mol. The van der Waals surface area contributed by atoms with E-state index < -0.39 is 0 Å². The second kappa shape index (κ2) is 6.14. The van der Waals surface area contributed by atoms with Crippen molar-refractivity contribution in [2.75, 3.05) is 26.2 Å². The van der Waals surface area contributed by atoms with Gasteiger partial charge in [0, 0.05) is 29.6 Å². The first-order valence-corrected chi connectivity index (χ1v) is 7.97. The average Bonchev–Trinajstić information content (AvgIpc) is 2.40. The maximum atomic E-state index is 6.11. The van der Waals surface area contributed by atoms with E-state index in [0.29, 0.717) is 6.54 Å².